The first kappa shape index (κ1) is 16.1. The molecule has 0 bridgehead atoms. The van der Waals surface area contributed by atoms with Crippen molar-refractivity contribution in [2.45, 2.75) is 6.92 Å². The van der Waals surface area contributed by atoms with Crippen molar-refractivity contribution >= 4 is 39.0 Å². The molecule has 0 unspecified atom stereocenters. The molecule has 0 aliphatic rings. The lowest BCUT2D eigenvalue weighted by Gasteiger charge is -2.08. The van der Waals surface area contributed by atoms with Crippen LogP contribution in [0.4, 0.5) is 17.2 Å². The van der Waals surface area contributed by atoms with Gasteiger partial charge in [0.1, 0.15) is 11.5 Å². The van der Waals surface area contributed by atoms with Crippen LogP contribution >= 0.6 is 15.9 Å². The number of aryl methyl sites for hydroxylation is 1. The van der Waals surface area contributed by atoms with Crippen LogP contribution in [0.1, 0.15) is 16.1 Å². The molecule has 0 saturated heterocycles. The van der Waals surface area contributed by atoms with Crippen LogP contribution in [0.25, 0.3) is 0 Å². The summed E-state index contributed by atoms with van der Waals surface area (Å²) in [6, 6.07) is 15.2. The van der Waals surface area contributed by atoms with Gasteiger partial charge in [0.25, 0.3) is 5.91 Å². The maximum Gasteiger partial charge on any atom is 0.275 e. The van der Waals surface area contributed by atoms with Crippen molar-refractivity contribution in [3.63, 3.8) is 0 Å². The number of anilines is 3. The zero-order valence-electron chi connectivity index (χ0n) is 13.0. The summed E-state index contributed by atoms with van der Waals surface area (Å²) in [7, 11) is 0. The molecule has 1 amide bonds. The Labute approximate surface area is 148 Å². The second-order valence-corrected chi connectivity index (χ2v) is 6.05. The lowest BCUT2D eigenvalue weighted by molar-refractivity contribution is 0.102. The Morgan fingerprint density at radius 2 is 1.79 bits per heavy atom. The molecule has 5 nitrogen and oxygen atoms in total. The van der Waals surface area contributed by atoms with Gasteiger partial charge in [-0.25, -0.2) is 9.97 Å². The van der Waals surface area contributed by atoms with Crippen molar-refractivity contribution in [2.24, 2.45) is 0 Å². The van der Waals surface area contributed by atoms with Gasteiger partial charge in [-0.1, -0.05) is 40.2 Å². The number of carbonyl (C=O) groups excluding carboxylic acids is 1. The van der Waals surface area contributed by atoms with Gasteiger partial charge in [-0.05, 0) is 36.8 Å². The van der Waals surface area contributed by atoms with Gasteiger partial charge in [-0.2, -0.15) is 0 Å². The summed E-state index contributed by atoms with van der Waals surface area (Å²) in [4.78, 5) is 20.5. The maximum absolute atomic E-state index is 12.1. The Balaban J connectivity index is 1.68. The van der Waals surface area contributed by atoms with Crippen molar-refractivity contribution in [1.82, 2.24) is 9.97 Å². The molecule has 24 heavy (non-hydrogen) atoms. The van der Waals surface area contributed by atoms with E-state index in [0.717, 1.165) is 21.4 Å². The van der Waals surface area contributed by atoms with E-state index >= 15 is 0 Å². The molecule has 0 fully saturated rings. The lowest BCUT2D eigenvalue weighted by atomic mass is 10.2. The molecule has 2 aromatic carbocycles. The van der Waals surface area contributed by atoms with Crippen LogP contribution in [0.2, 0.25) is 0 Å². The molecule has 0 spiro atoms. The summed E-state index contributed by atoms with van der Waals surface area (Å²) < 4.78 is 1.01. The highest BCUT2D eigenvalue weighted by atomic mass is 79.9. The Morgan fingerprint density at radius 3 is 2.46 bits per heavy atom. The highest BCUT2D eigenvalue weighted by Gasteiger charge is 2.08. The monoisotopic (exact) mass is 382 g/mol. The number of hydrogen-bond acceptors (Lipinski definition) is 4. The first-order chi connectivity index (χ1) is 11.6. The molecular weight excluding hydrogens is 368 g/mol. The number of rotatable bonds is 4. The van der Waals surface area contributed by atoms with Crippen molar-refractivity contribution in [3.8, 4) is 0 Å². The third-order valence-electron chi connectivity index (χ3n) is 3.36. The Kier molecular flexibility index (Phi) is 4.86. The van der Waals surface area contributed by atoms with E-state index in [1.165, 1.54) is 12.4 Å². The summed E-state index contributed by atoms with van der Waals surface area (Å²) in [5.74, 6) is 0.278. The van der Waals surface area contributed by atoms with E-state index in [0.29, 0.717) is 5.82 Å². The van der Waals surface area contributed by atoms with Crippen LogP contribution in [0, 0.1) is 6.92 Å². The third-order valence-corrected chi connectivity index (χ3v) is 4.21. The number of halogens is 1. The van der Waals surface area contributed by atoms with Crippen molar-refractivity contribution in [3.05, 3.63) is 76.7 Å². The van der Waals surface area contributed by atoms with E-state index in [2.05, 4.69) is 36.5 Å². The topological polar surface area (TPSA) is 66.9 Å². The van der Waals surface area contributed by atoms with Gasteiger partial charge in [-0.15, -0.1) is 0 Å². The molecule has 1 heterocycles. The van der Waals surface area contributed by atoms with Gasteiger partial charge in [-0.3, -0.25) is 4.79 Å². The van der Waals surface area contributed by atoms with Crippen LogP contribution in [-0.2, 0) is 0 Å². The summed E-state index contributed by atoms with van der Waals surface area (Å²) in [6.45, 7) is 2.02. The second-order valence-electron chi connectivity index (χ2n) is 5.20. The van der Waals surface area contributed by atoms with E-state index in [1.807, 2.05) is 55.5 Å². The Morgan fingerprint density at radius 1 is 1.00 bits per heavy atom. The normalized spacial score (nSPS) is 10.2. The first-order valence-electron chi connectivity index (χ1n) is 7.33. The SMILES string of the molecule is Cc1ccc(Nc2cnc(C(=O)Nc3ccccc3)cn2)cc1Br. The van der Waals surface area contributed by atoms with E-state index in [1.54, 1.807) is 0 Å². The van der Waals surface area contributed by atoms with Gasteiger partial charge in [0.05, 0.1) is 12.4 Å². The fraction of sp³-hybridized carbons (Fsp3) is 0.0556. The second kappa shape index (κ2) is 7.23. The van der Waals surface area contributed by atoms with Crippen LogP contribution < -0.4 is 10.6 Å². The van der Waals surface area contributed by atoms with E-state index in [9.17, 15) is 4.79 Å². The number of aromatic nitrogens is 2. The minimum atomic E-state index is -0.293. The molecule has 0 aliphatic heterocycles. The molecule has 2 N–H and O–H groups in total. The van der Waals surface area contributed by atoms with Crippen molar-refractivity contribution < 1.29 is 4.79 Å². The molecule has 1 aromatic heterocycles. The van der Waals surface area contributed by atoms with E-state index in [4.69, 9.17) is 0 Å². The summed E-state index contributed by atoms with van der Waals surface area (Å²) in [5, 5.41) is 5.93. The molecule has 0 atom stereocenters. The minimum Gasteiger partial charge on any atom is -0.339 e. The summed E-state index contributed by atoms with van der Waals surface area (Å²) in [5.41, 5.74) is 3.02. The van der Waals surface area contributed by atoms with Gasteiger partial charge in [0.15, 0.2) is 0 Å². The number of para-hydroxylation sites is 1. The number of benzene rings is 2. The minimum absolute atomic E-state index is 0.259. The smallest absolute Gasteiger partial charge is 0.275 e. The highest BCUT2D eigenvalue weighted by Crippen LogP contribution is 2.22. The first-order valence-corrected chi connectivity index (χ1v) is 8.13. The highest BCUT2D eigenvalue weighted by molar-refractivity contribution is 9.10. The van der Waals surface area contributed by atoms with Gasteiger partial charge in [0.2, 0.25) is 0 Å². The molecule has 0 aliphatic carbocycles. The molecule has 3 rings (SSSR count). The molecule has 3 aromatic rings. The Hall–Kier alpha value is -2.73. The van der Waals surface area contributed by atoms with Gasteiger partial charge >= 0.3 is 0 Å². The Bertz CT molecular complexity index is 851. The molecule has 0 saturated carbocycles. The third kappa shape index (κ3) is 3.97. The fourth-order valence-electron chi connectivity index (χ4n) is 2.04. The molecule has 6 heteroatoms. The van der Waals surface area contributed by atoms with E-state index in [-0.39, 0.29) is 11.6 Å². The molecule has 0 radical (unpaired) electrons. The molecular formula is C18H15BrN4O. The van der Waals surface area contributed by atoms with Gasteiger partial charge < -0.3 is 10.6 Å². The maximum atomic E-state index is 12.1. The van der Waals surface area contributed by atoms with Gasteiger partial charge in [0, 0.05) is 15.8 Å². The number of carbonyl (C=O) groups is 1. The summed E-state index contributed by atoms with van der Waals surface area (Å²) >= 11 is 3.49. The standard InChI is InChI=1S/C18H15BrN4O/c1-12-7-8-14(9-15(12)19)22-17-11-20-16(10-21-17)18(24)23-13-5-3-2-4-6-13/h2-11H,1H3,(H,21,22)(H,23,24). The van der Waals surface area contributed by atoms with Crippen LogP contribution in [0.5, 0.6) is 0 Å². The van der Waals surface area contributed by atoms with Crippen LogP contribution in [-0.4, -0.2) is 15.9 Å². The lowest BCUT2D eigenvalue weighted by Crippen LogP contribution is -2.14. The predicted octanol–water partition coefficient (Wildman–Crippen LogP) is 4.54. The van der Waals surface area contributed by atoms with Crippen LogP contribution in [0.3, 0.4) is 0 Å². The zero-order valence-corrected chi connectivity index (χ0v) is 14.5. The fourth-order valence-corrected chi connectivity index (χ4v) is 2.42. The average molecular weight is 383 g/mol. The summed E-state index contributed by atoms with van der Waals surface area (Å²) in [6.07, 6.45) is 2.98. The number of amides is 1. The largest absolute Gasteiger partial charge is 0.339 e. The number of nitrogens with zero attached hydrogens (tertiary/aromatic N) is 2. The molecule has 120 valence electrons. The number of nitrogens with one attached hydrogen (secondary N) is 2. The predicted molar refractivity (Wildman–Crippen MR) is 98.6 cm³/mol. The van der Waals surface area contributed by atoms with Crippen molar-refractivity contribution in [1.29, 1.82) is 0 Å². The number of hydrogen-bond donors (Lipinski definition) is 2. The van der Waals surface area contributed by atoms with Crippen molar-refractivity contribution in [2.75, 3.05) is 10.6 Å². The van der Waals surface area contributed by atoms with E-state index < -0.39 is 0 Å². The zero-order chi connectivity index (χ0) is 16.9. The van der Waals surface area contributed by atoms with Crippen LogP contribution in [0.15, 0.2) is 65.4 Å². The quantitative estimate of drug-likeness (QED) is 0.694. The average Bonchev–Trinajstić information content (AvgIpc) is 2.60.